The SMILES string of the molecule is O=C(c1ccc(C(F)(F)F)nc1)N(Cc1ccc(F)cc1)C1CC1. The molecule has 0 radical (unpaired) electrons. The summed E-state index contributed by atoms with van der Waals surface area (Å²) in [6.45, 7) is 0.283. The lowest BCUT2D eigenvalue weighted by Crippen LogP contribution is -2.32. The monoisotopic (exact) mass is 338 g/mol. The minimum atomic E-state index is -4.54. The smallest absolute Gasteiger partial charge is 0.331 e. The van der Waals surface area contributed by atoms with Crippen molar-refractivity contribution in [1.82, 2.24) is 9.88 Å². The Kier molecular flexibility index (Phi) is 4.26. The van der Waals surface area contributed by atoms with E-state index in [-0.39, 0.29) is 29.9 Å². The molecular formula is C17H14F4N2O. The van der Waals surface area contributed by atoms with Crippen LogP contribution in [0.5, 0.6) is 0 Å². The number of hydrogen-bond acceptors (Lipinski definition) is 2. The molecule has 1 aliphatic carbocycles. The van der Waals surface area contributed by atoms with E-state index < -0.39 is 11.9 Å². The average molecular weight is 338 g/mol. The van der Waals surface area contributed by atoms with Gasteiger partial charge in [-0.3, -0.25) is 9.78 Å². The number of pyridine rings is 1. The number of alkyl halides is 3. The van der Waals surface area contributed by atoms with E-state index in [4.69, 9.17) is 0 Å². The standard InChI is InChI=1S/C17H14F4N2O/c18-13-4-1-11(2-5-13)10-23(14-6-7-14)16(24)12-3-8-15(22-9-12)17(19,20)21/h1-5,8-9,14H,6-7,10H2. The van der Waals surface area contributed by atoms with Gasteiger partial charge in [-0.05, 0) is 42.7 Å². The molecule has 3 nitrogen and oxygen atoms in total. The highest BCUT2D eigenvalue weighted by atomic mass is 19.4. The van der Waals surface area contributed by atoms with E-state index in [1.54, 1.807) is 17.0 Å². The minimum Gasteiger partial charge on any atom is -0.331 e. The fourth-order valence-electron chi connectivity index (χ4n) is 2.39. The maximum atomic E-state index is 13.0. The third-order valence-corrected chi connectivity index (χ3v) is 3.82. The molecule has 0 N–H and O–H groups in total. The van der Waals surface area contributed by atoms with E-state index in [0.717, 1.165) is 36.7 Å². The Bertz CT molecular complexity index is 722. The van der Waals surface area contributed by atoms with E-state index in [0.29, 0.717) is 0 Å². The maximum absolute atomic E-state index is 13.0. The predicted octanol–water partition coefficient (Wildman–Crippen LogP) is 4.04. The molecule has 0 unspecified atom stereocenters. The average Bonchev–Trinajstić information content (AvgIpc) is 3.38. The van der Waals surface area contributed by atoms with Crippen molar-refractivity contribution < 1.29 is 22.4 Å². The van der Waals surface area contributed by atoms with E-state index in [1.165, 1.54) is 12.1 Å². The summed E-state index contributed by atoms with van der Waals surface area (Å²) in [5.41, 5.74) is -0.163. The lowest BCUT2D eigenvalue weighted by molar-refractivity contribution is -0.141. The molecule has 2 aromatic rings. The van der Waals surface area contributed by atoms with Gasteiger partial charge in [0, 0.05) is 18.8 Å². The van der Waals surface area contributed by atoms with Gasteiger partial charge in [0.2, 0.25) is 0 Å². The molecule has 3 rings (SSSR count). The zero-order chi connectivity index (χ0) is 17.3. The number of halogens is 4. The van der Waals surface area contributed by atoms with Gasteiger partial charge in [0.05, 0.1) is 5.56 Å². The molecule has 24 heavy (non-hydrogen) atoms. The van der Waals surface area contributed by atoms with E-state index in [1.807, 2.05) is 0 Å². The minimum absolute atomic E-state index is 0.0600. The highest BCUT2D eigenvalue weighted by Gasteiger charge is 2.35. The van der Waals surface area contributed by atoms with Crippen LogP contribution in [0.3, 0.4) is 0 Å². The molecule has 0 spiro atoms. The molecule has 1 saturated carbocycles. The van der Waals surface area contributed by atoms with E-state index in [9.17, 15) is 22.4 Å². The van der Waals surface area contributed by atoms with Crippen LogP contribution < -0.4 is 0 Å². The molecule has 126 valence electrons. The summed E-state index contributed by atoms with van der Waals surface area (Å²) in [5.74, 6) is -0.738. The molecule has 1 amide bonds. The molecule has 1 aliphatic rings. The van der Waals surface area contributed by atoms with Crippen LogP contribution in [0.15, 0.2) is 42.6 Å². The number of carbonyl (C=O) groups excluding carboxylic acids is 1. The van der Waals surface area contributed by atoms with Gasteiger partial charge in [0.1, 0.15) is 11.5 Å². The Hall–Kier alpha value is -2.44. The van der Waals surface area contributed by atoms with Crippen LogP contribution in [0, 0.1) is 5.82 Å². The van der Waals surface area contributed by atoms with Crippen LogP contribution in [-0.4, -0.2) is 21.8 Å². The molecule has 0 saturated heterocycles. The zero-order valence-electron chi connectivity index (χ0n) is 12.6. The third-order valence-electron chi connectivity index (χ3n) is 3.82. The third kappa shape index (κ3) is 3.72. The second-order valence-electron chi connectivity index (χ2n) is 5.72. The van der Waals surface area contributed by atoms with Gasteiger partial charge < -0.3 is 4.90 Å². The Morgan fingerprint density at radius 2 is 1.79 bits per heavy atom. The topological polar surface area (TPSA) is 33.2 Å². The Balaban J connectivity index is 1.78. The molecule has 0 atom stereocenters. The largest absolute Gasteiger partial charge is 0.433 e. The number of nitrogens with zero attached hydrogens (tertiary/aromatic N) is 2. The second-order valence-corrected chi connectivity index (χ2v) is 5.72. The van der Waals surface area contributed by atoms with E-state index in [2.05, 4.69) is 4.98 Å². The van der Waals surface area contributed by atoms with Gasteiger partial charge in [0.25, 0.3) is 5.91 Å². The first-order valence-corrected chi connectivity index (χ1v) is 7.43. The van der Waals surface area contributed by atoms with Crippen LogP contribution in [0.1, 0.15) is 34.5 Å². The lowest BCUT2D eigenvalue weighted by Gasteiger charge is -2.22. The van der Waals surface area contributed by atoms with Crippen molar-refractivity contribution in [3.63, 3.8) is 0 Å². The molecule has 1 fully saturated rings. The van der Waals surface area contributed by atoms with Crippen molar-refractivity contribution in [3.8, 4) is 0 Å². The van der Waals surface area contributed by atoms with Gasteiger partial charge in [-0.2, -0.15) is 13.2 Å². The highest BCUT2D eigenvalue weighted by molar-refractivity contribution is 5.94. The van der Waals surface area contributed by atoms with Gasteiger partial charge in [-0.15, -0.1) is 0 Å². The summed E-state index contributed by atoms with van der Waals surface area (Å²) in [4.78, 5) is 17.5. The fraction of sp³-hybridized carbons (Fsp3) is 0.294. The van der Waals surface area contributed by atoms with Crippen LogP contribution in [0.2, 0.25) is 0 Å². The molecule has 1 aromatic heterocycles. The summed E-state index contributed by atoms with van der Waals surface area (Å²) in [7, 11) is 0. The highest BCUT2D eigenvalue weighted by Crippen LogP contribution is 2.31. The molecule has 0 aliphatic heterocycles. The maximum Gasteiger partial charge on any atom is 0.433 e. The van der Waals surface area contributed by atoms with Crippen molar-refractivity contribution in [2.75, 3.05) is 0 Å². The second kappa shape index (κ2) is 6.22. The summed E-state index contributed by atoms with van der Waals surface area (Å²) in [5, 5.41) is 0. The molecule has 7 heteroatoms. The van der Waals surface area contributed by atoms with Gasteiger partial charge in [0.15, 0.2) is 0 Å². The van der Waals surface area contributed by atoms with Crippen molar-refractivity contribution >= 4 is 5.91 Å². The van der Waals surface area contributed by atoms with Gasteiger partial charge in [-0.1, -0.05) is 12.1 Å². The first kappa shape index (κ1) is 16.4. The first-order valence-electron chi connectivity index (χ1n) is 7.43. The lowest BCUT2D eigenvalue weighted by atomic mass is 10.1. The Labute approximate surface area is 135 Å². The fourth-order valence-corrected chi connectivity index (χ4v) is 2.39. The number of hydrogen-bond donors (Lipinski definition) is 0. The zero-order valence-corrected chi connectivity index (χ0v) is 12.6. The van der Waals surface area contributed by atoms with Crippen LogP contribution in [0.25, 0.3) is 0 Å². The molecule has 0 bridgehead atoms. The van der Waals surface area contributed by atoms with Crippen molar-refractivity contribution in [1.29, 1.82) is 0 Å². The first-order chi connectivity index (χ1) is 11.3. The summed E-state index contributed by atoms with van der Waals surface area (Å²) in [6.07, 6.45) is -1.89. The van der Waals surface area contributed by atoms with Crippen molar-refractivity contribution in [2.45, 2.75) is 31.6 Å². The normalized spacial score (nSPS) is 14.5. The summed E-state index contributed by atoms with van der Waals surface area (Å²) >= 11 is 0. The summed E-state index contributed by atoms with van der Waals surface area (Å²) < 4.78 is 50.6. The van der Waals surface area contributed by atoms with Crippen LogP contribution in [0.4, 0.5) is 17.6 Å². The quantitative estimate of drug-likeness (QED) is 0.788. The van der Waals surface area contributed by atoms with E-state index >= 15 is 0 Å². The van der Waals surface area contributed by atoms with Crippen LogP contribution in [-0.2, 0) is 12.7 Å². The van der Waals surface area contributed by atoms with Crippen molar-refractivity contribution in [2.24, 2.45) is 0 Å². The number of rotatable bonds is 4. The Morgan fingerprint density at radius 3 is 2.29 bits per heavy atom. The number of carbonyl (C=O) groups is 1. The predicted molar refractivity (Wildman–Crippen MR) is 78.5 cm³/mol. The van der Waals surface area contributed by atoms with Gasteiger partial charge >= 0.3 is 6.18 Å². The van der Waals surface area contributed by atoms with Gasteiger partial charge in [-0.25, -0.2) is 4.39 Å². The molecular weight excluding hydrogens is 324 g/mol. The number of aromatic nitrogens is 1. The molecule has 1 heterocycles. The number of amides is 1. The summed E-state index contributed by atoms with van der Waals surface area (Å²) in [6, 6.07) is 7.79. The Morgan fingerprint density at radius 1 is 1.12 bits per heavy atom. The van der Waals surface area contributed by atoms with Crippen molar-refractivity contribution in [3.05, 3.63) is 65.2 Å². The number of benzene rings is 1. The van der Waals surface area contributed by atoms with Crippen LogP contribution >= 0.6 is 0 Å². The molecule has 1 aromatic carbocycles.